The summed E-state index contributed by atoms with van der Waals surface area (Å²) in [4.78, 5) is 21.0. The third-order valence-electron chi connectivity index (χ3n) is 5.29. The summed E-state index contributed by atoms with van der Waals surface area (Å²) in [5, 5.41) is 6.62. The summed E-state index contributed by atoms with van der Waals surface area (Å²) >= 11 is 0. The average Bonchev–Trinajstić information content (AvgIpc) is 2.73. The van der Waals surface area contributed by atoms with Crippen molar-refractivity contribution in [3.8, 4) is 0 Å². The molecule has 2 atom stereocenters. The Labute approximate surface area is 167 Å². The molecule has 2 heterocycles. The van der Waals surface area contributed by atoms with Gasteiger partial charge >= 0.3 is 0 Å². The van der Waals surface area contributed by atoms with Crippen LogP contribution in [0.2, 0.25) is 0 Å². The van der Waals surface area contributed by atoms with Crippen LogP contribution in [-0.4, -0.2) is 28.0 Å². The van der Waals surface area contributed by atoms with E-state index < -0.39 is 11.7 Å². The number of fused-ring (bicyclic) bond motifs is 1. The summed E-state index contributed by atoms with van der Waals surface area (Å²) in [7, 11) is 0. The standard InChI is InChI=1S/C21H23FN6O/c22-18-19(24)14(11-26-20(18)28-17-8-4-2-6-15(17)23)21(29)27-13-9-12-5-1-3-7-16(12)25-10-13/h1,3,5,7,9-11,15,17H,2,4,6,8,23H2,(H,27,29)(H3,24,26,28)/t15-,17+/m0/s1. The number of rotatable bonds is 4. The van der Waals surface area contributed by atoms with Crippen LogP contribution in [0.4, 0.5) is 21.6 Å². The summed E-state index contributed by atoms with van der Waals surface area (Å²) in [6, 6.07) is 9.21. The predicted molar refractivity (Wildman–Crippen MR) is 112 cm³/mol. The molecule has 0 spiro atoms. The van der Waals surface area contributed by atoms with Gasteiger partial charge in [0.2, 0.25) is 0 Å². The molecule has 29 heavy (non-hydrogen) atoms. The molecular weight excluding hydrogens is 371 g/mol. The number of pyridine rings is 2. The van der Waals surface area contributed by atoms with Crippen LogP contribution in [0.15, 0.2) is 42.7 Å². The Balaban J connectivity index is 1.53. The van der Waals surface area contributed by atoms with Crippen molar-refractivity contribution in [2.45, 2.75) is 37.8 Å². The fourth-order valence-electron chi connectivity index (χ4n) is 3.63. The number of para-hydroxylation sites is 1. The lowest BCUT2D eigenvalue weighted by molar-refractivity contribution is 0.102. The number of nitrogen functional groups attached to an aromatic ring is 1. The van der Waals surface area contributed by atoms with Crippen LogP contribution in [-0.2, 0) is 0 Å². The van der Waals surface area contributed by atoms with Crippen LogP contribution >= 0.6 is 0 Å². The van der Waals surface area contributed by atoms with E-state index >= 15 is 0 Å². The SMILES string of the molecule is Nc1c(C(=O)Nc2cnc3ccccc3c2)cnc(N[C@@H]2CCCC[C@@H]2N)c1F. The third-order valence-corrected chi connectivity index (χ3v) is 5.29. The molecule has 0 bridgehead atoms. The van der Waals surface area contributed by atoms with Crippen LogP contribution in [0.25, 0.3) is 10.9 Å². The highest BCUT2D eigenvalue weighted by atomic mass is 19.1. The molecular formula is C21H23FN6O. The fraction of sp³-hybridized carbons (Fsp3) is 0.286. The Hall–Kier alpha value is -3.26. The molecule has 1 amide bonds. The van der Waals surface area contributed by atoms with E-state index in [0.717, 1.165) is 36.6 Å². The number of nitrogens with two attached hydrogens (primary N) is 2. The first-order chi connectivity index (χ1) is 14.0. The number of benzene rings is 1. The van der Waals surface area contributed by atoms with E-state index in [2.05, 4.69) is 20.6 Å². The third kappa shape index (κ3) is 3.97. The minimum Gasteiger partial charge on any atom is -0.396 e. The molecule has 1 aliphatic carbocycles. The number of amides is 1. The molecule has 1 saturated carbocycles. The maximum Gasteiger partial charge on any atom is 0.259 e. The van der Waals surface area contributed by atoms with Crippen LogP contribution in [0.1, 0.15) is 36.0 Å². The van der Waals surface area contributed by atoms with Gasteiger partial charge in [0, 0.05) is 23.7 Å². The van der Waals surface area contributed by atoms with Gasteiger partial charge in [0.25, 0.3) is 5.91 Å². The first kappa shape index (κ1) is 19.1. The summed E-state index contributed by atoms with van der Waals surface area (Å²) < 4.78 is 14.8. The number of carbonyl (C=O) groups excluding carboxylic acids is 1. The smallest absolute Gasteiger partial charge is 0.259 e. The molecule has 7 nitrogen and oxygen atoms in total. The minimum absolute atomic E-state index is 0.0220. The molecule has 1 aromatic carbocycles. The zero-order valence-electron chi connectivity index (χ0n) is 15.9. The molecule has 150 valence electrons. The van der Waals surface area contributed by atoms with Gasteiger partial charge in [-0.05, 0) is 25.0 Å². The van der Waals surface area contributed by atoms with Gasteiger partial charge in [-0.2, -0.15) is 0 Å². The van der Waals surface area contributed by atoms with Crippen molar-refractivity contribution in [1.29, 1.82) is 0 Å². The van der Waals surface area contributed by atoms with Crippen molar-refractivity contribution in [2.24, 2.45) is 5.73 Å². The molecule has 4 rings (SSSR count). The Kier molecular flexibility index (Phi) is 5.26. The van der Waals surface area contributed by atoms with Gasteiger partial charge in [-0.15, -0.1) is 0 Å². The highest BCUT2D eigenvalue weighted by molar-refractivity contribution is 6.08. The first-order valence-electron chi connectivity index (χ1n) is 9.65. The van der Waals surface area contributed by atoms with Gasteiger partial charge < -0.3 is 22.1 Å². The topological polar surface area (TPSA) is 119 Å². The maximum absolute atomic E-state index is 14.8. The van der Waals surface area contributed by atoms with Crippen LogP contribution in [0.5, 0.6) is 0 Å². The molecule has 1 aliphatic rings. The van der Waals surface area contributed by atoms with Crippen LogP contribution < -0.4 is 22.1 Å². The number of carbonyl (C=O) groups is 1. The fourth-order valence-corrected chi connectivity index (χ4v) is 3.63. The number of nitrogens with one attached hydrogen (secondary N) is 2. The van der Waals surface area contributed by atoms with Crippen molar-refractivity contribution in [2.75, 3.05) is 16.4 Å². The van der Waals surface area contributed by atoms with Crippen molar-refractivity contribution >= 4 is 34.0 Å². The number of anilines is 3. The first-order valence-corrected chi connectivity index (χ1v) is 9.65. The van der Waals surface area contributed by atoms with Crippen LogP contribution in [0, 0.1) is 5.82 Å². The summed E-state index contributed by atoms with van der Waals surface area (Å²) in [5.74, 6) is -1.27. The molecule has 0 aliphatic heterocycles. The van der Waals surface area contributed by atoms with Crippen molar-refractivity contribution in [3.63, 3.8) is 0 Å². The number of hydrogen-bond acceptors (Lipinski definition) is 6. The molecule has 6 N–H and O–H groups in total. The van der Waals surface area contributed by atoms with E-state index in [1.807, 2.05) is 24.3 Å². The van der Waals surface area contributed by atoms with Gasteiger partial charge in [-0.3, -0.25) is 9.78 Å². The quantitative estimate of drug-likeness (QED) is 0.539. The van der Waals surface area contributed by atoms with Crippen LogP contribution in [0.3, 0.4) is 0 Å². The second-order valence-corrected chi connectivity index (χ2v) is 7.32. The normalized spacial score (nSPS) is 19.1. The maximum atomic E-state index is 14.8. The number of nitrogens with zero attached hydrogens (tertiary/aromatic N) is 2. The van der Waals surface area contributed by atoms with E-state index in [4.69, 9.17) is 11.5 Å². The monoisotopic (exact) mass is 394 g/mol. The number of halogens is 1. The lowest BCUT2D eigenvalue weighted by atomic mass is 9.91. The summed E-state index contributed by atoms with van der Waals surface area (Å²) in [5.41, 5.74) is 13.0. The largest absolute Gasteiger partial charge is 0.396 e. The average molecular weight is 394 g/mol. The molecule has 1 fully saturated rings. The molecule has 0 radical (unpaired) electrons. The zero-order valence-corrected chi connectivity index (χ0v) is 15.9. The van der Waals surface area contributed by atoms with E-state index in [9.17, 15) is 9.18 Å². The summed E-state index contributed by atoms with van der Waals surface area (Å²) in [6.07, 6.45) is 6.65. The van der Waals surface area contributed by atoms with Crippen molar-refractivity contribution < 1.29 is 9.18 Å². The van der Waals surface area contributed by atoms with Crippen molar-refractivity contribution in [3.05, 3.63) is 54.1 Å². The lowest BCUT2D eigenvalue weighted by Crippen LogP contribution is -2.43. The van der Waals surface area contributed by atoms with Gasteiger partial charge in [0.1, 0.15) is 0 Å². The highest BCUT2D eigenvalue weighted by Crippen LogP contribution is 2.26. The van der Waals surface area contributed by atoms with Gasteiger partial charge in [0.05, 0.1) is 28.7 Å². The predicted octanol–water partition coefficient (Wildman–Crippen LogP) is 3.29. The zero-order chi connectivity index (χ0) is 20.4. The Bertz CT molecular complexity index is 1060. The molecule has 2 aromatic heterocycles. The van der Waals surface area contributed by atoms with E-state index in [-0.39, 0.29) is 29.2 Å². The Morgan fingerprint density at radius 1 is 1.14 bits per heavy atom. The summed E-state index contributed by atoms with van der Waals surface area (Å²) in [6.45, 7) is 0. The van der Waals surface area contributed by atoms with E-state index in [1.54, 1.807) is 12.3 Å². The second kappa shape index (κ2) is 8.00. The molecule has 3 aromatic rings. The molecule has 8 heteroatoms. The molecule has 0 unspecified atom stereocenters. The van der Waals surface area contributed by atoms with Gasteiger partial charge in [-0.25, -0.2) is 9.37 Å². The van der Waals surface area contributed by atoms with Gasteiger partial charge in [0.15, 0.2) is 11.6 Å². The Morgan fingerprint density at radius 2 is 1.93 bits per heavy atom. The van der Waals surface area contributed by atoms with E-state index in [0.29, 0.717) is 5.69 Å². The number of hydrogen-bond donors (Lipinski definition) is 4. The number of aromatic nitrogens is 2. The minimum atomic E-state index is -0.743. The van der Waals surface area contributed by atoms with Crippen molar-refractivity contribution in [1.82, 2.24) is 9.97 Å². The Morgan fingerprint density at radius 3 is 2.76 bits per heavy atom. The molecule has 0 saturated heterocycles. The van der Waals surface area contributed by atoms with E-state index in [1.165, 1.54) is 6.20 Å². The lowest BCUT2D eigenvalue weighted by Gasteiger charge is -2.30. The second-order valence-electron chi connectivity index (χ2n) is 7.32. The van der Waals surface area contributed by atoms with Gasteiger partial charge in [-0.1, -0.05) is 31.0 Å². The highest BCUT2D eigenvalue weighted by Gasteiger charge is 2.25.